The molecule has 1 saturated carbocycles. The summed E-state index contributed by atoms with van der Waals surface area (Å²) >= 11 is 0. The van der Waals surface area contributed by atoms with E-state index in [9.17, 15) is 22.8 Å². The zero-order chi connectivity index (χ0) is 18.8. The van der Waals surface area contributed by atoms with Crippen LogP contribution in [-0.4, -0.2) is 55.4 Å². The van der Waals surface area contributed by atoms with Gasteiger partial charge in [0.2, 0.25) is 11.8 Å². The predicted molar refractivity (Wildman–Crippen MR) is 90.5 cm³/mol. The second kappa shape index (κ2) is 7.31. The molecule has 3 N–H and O–H groups in total. The van der Waals surface area contributed by atoms with E-state index in [4.69, 9.17) is 5.11 Å². The summed E-state index contributed by atoms with van der Waals surface area (Å²) in [5.41, 5.74) is -0.229. The molecule has 0 aromatic carbocycles. The molecular formula is C16H26N2O6S. The van der Waals surface area contributed by atoms with E-state index >= 15 is 0 Å². The number of carbonyl (C=O) groups excluding carboxylic acids is 2. The van der Waals surface area contributed by atoms with E-state index in [-0.39, 0.29) is 41.2 Å². The predicted octanol–water partition coefficient (Wildman–Crippen LogP) is -0.0670. The number of carboxylic acid groups (broad SMARTS) is 1. The first-order valence-corrected chi connectivity index (χ1v) is 10.4. The molecule has 1 spiro atoms. The Kier molecular flexibility index (Phi) is 5.75. The van der Waals surface area contributed by atoms with E-state index in [0.29, 0.717) is 25.7 Å². The zero-order valence-corrected chi connectivity index (χ0v) is 15.4. The maximum Gasteiger partial charge on any atom is 0.326 e. The van der Waals surface area contributed by atoms with Crippen LogP contribution in [0.1, 0.15) is 39.5 Å². The van der Waals surface area contributed by atoms with Crippen LogP contribution in [0.2, 0.25) is 0 Å². The largest absolute Gasteiger partial charge is 0.480 e. The van der Waals surface area contributed by atoms with Gasteiger partial charge in [0.15, 0.2) is 0 Å². The van der Waals surface area contributed by atoms with E-state index in [1.54, 1.807) is 0 Å². The number of amides is 2. The number of aliphatic carboxylic acids is 1. The maximum absolute atomic E-state index is 12.2. The van der Waals surface area contributed by atoms with Crippen molar-refractivity contribution < 1.29 is 27.9 Å². The Labute approximate surface area is 147 Å². The highest BCUT2D eigenvalue weighted by atomic mass is 32.2. The molecule has 0 aromatic rings. The molecule has 2 atom stereocenters. The van der Waals surface area contributed by atoms with Crippen molar-refractivity contribution in [1.29, 1.82) is 0 Å². The second-order valence-electron chi connectivity index (χ2n) is 7.58. The third kappa shape index (κ3) is 5.17. The molecule has 1 aliphatic heterocycles. The molecule has 142 valence electrons. The topological polar surface area (TPSA) is 130 Å². The highest BCUT2D eigenvalue weighted by molar-refractivity contribution is 7.91. The first-order valence-electron chi connectivity index (χ1n) is 8.55. The van der Waals surface area contributed by atoms with E-state index in [2.05, 4.69) is 10.6 Å². The molecule has 1 aliphatic carbocycles. The fourth-order valence-corrected chi connectivity index (χ4v) is 5.08. The molecule has 1 saturated heterocycles. The van der Waals surface area contributed by atoms with Crippen LogP contribution in [0, 0.1) is 17.3 Å². The van der Waals surface area contributed by atoms with Crippen molar-refractivity contribution in [2.24, 2.45) is 17.3 Å². The molecule has 0 radical (unpaired) electrons. The maximum atomic E-state index is 12.2. The second-order valence-corrected chi connectivity index (χ2v) is 9.88. The minimum atomic E-state index is -2.97. The van der Waals surface area contributed by atoms with Gasteiger partial charge in [-0.15, -0.1) is 0 Å². The van der Waals surface area contributed by atoms with Crippen LogP contribution in [0.15, 0.2) is 0 Å². The Bertz CT molecular complexity index is 644. The number of rotatable bonds is 7. The van der Waals surface area contributed by atoms with Crippen molar-refractivity contribution in [3.63, 3.8) is 0 Å². The SMILES string of the molecule is CC(C)C[C@H](NC(=O)CNC(=O)C1CC12CCS(=O)(=O)CC2)C(=O)O. The molecule has 2 amide bonds. The number of hydrogen-bond acceptors (Lipinski definition) is 5. The summed E-state index contributed by atoms with van der Waals surface area (Å²) in [5.74, 6) is -1.79. The lowest BCUT2D eigenvalue weighted by Crippen LogP contribution is -2.46. The molecule has 2 fully saturated rings. The summed E-state index contributed by atoms with van der Waals surface area (Å²) in [5, 5.41) is 14.1. The molecule has 25 heavy (non-hydrogen) atoms. The van der Waals surface area contributed by atoms with Crippen LogP contribution in [0.4, 0.5) is 0 Å². The number of carboxylic acids is 1. The van der Waals surface area contributed by atoms with E-state index < -0.39 is 27.8 Å². The van der Waals surface area contributed by atoms with Crippen molar-refractivity contribution in [3.8, 4) is 0 Å². The van der Waals surface area contributed by atoms with Gasteiger partial charge in [0.05, 0.1) is 18.1 Å². The molecule has 0 aromatic heterocycles. The van der Waals surface area contributed by atoms with Crippen LogP contribution in [0.25, 0.3) is 0 Å². The summed E-state index contributed by atoms with van der Waals surface area (Å²) in [7, 11) is -2.97. The minimum absolute atomic E-state index is 0.116. The van der Waals surface area contributed by atoms with Gasteiger partial charge >= 0.3 is 5.97 Å². The Hall–Kier alpha value is -1.64. The average Bonchev–Trinajstić information content (AvgIpc) is 3.22. The lowest BCUT2D eigenvalue weighted by Gasteiger charge is -2.22. The van der Waals surface area contributed by atoms with Crippen LogP contribution in [-0.2, 0) is 24.2 Å². The lowest BCUT2D eigenvalue weighted by atomic mass is 9.96. The van der Waals surface area contributed by atoms with Gasteiger partial charge in [-0.1, -0.05) is 13.8 Å². The zero-order valence-electron chi connectivity index (χ0n) is 14.6. The van der Waals surface area contributed by atoms with Crippen molar-refractivity contribution in [2.45, 2.75) is 45.6 Å². The molecule has 9 heteroatoms. The molecule has 1 heterocycles. The molecular weight excluding hydrogens is 348 g/mol. The molecule has 2 rings (SSSR count). The van der Waals surface area contributed by atoms with Gasteiger partial charge < -0.3 is 15.7 Å². The summed E-state index contributed by atoms with van der Waals surface area (Å²) < 4.78 is 23.0. The minimum Gasteiger partial charge on any atom is -0.480 e. The standard InChI is InChI=1S/C16H26N2O6S/c1-10(2)7-12(15(21)22)18-13(19)9-17-14(20)11-8-16(11)3-5-25(23,24)6-4-16/h10-12H,3-9H2,1-2H3,(H,17,20)(H,18,19)(H,21,22)/t11?,12-/m0/s1. The lowest BCUT2D eigenvalue weighted by molar-refractivity contribution is -0.142. The fraction of sp³-hybridized carbons (Fsp3) is 0.812. The van der Waals surface area contributed by atoms with Gasteiger partial charge in [0.1, 0.15) is 15.9 Å². The summed E-state index contributed by atoms with van der Waals surface area (Å²) in [4.78, 5) is 35.2. The highest BCUT2D eigenvalue weighted by Gasteiger charge is 2.59. The normalized spacial score (nSPS) is 24.5. The summed E-state index contributed by atoms with van der Waals surface area (Å²) in [6.45, 7) is 3.45. The Morgan fingerprint density at radius 2 is 1.80 bits per heavy atom. The van der Waals surface area contributed by atoms with Gasteiger partial charge in [-0.3, -0.25) is 9.59 Å². The molecule has 0 bridgehead atoms. The fourth-order valence-electron chi connectivity index (χ4n) is 3.44. The van der Waals surface area contributed by atoms with Crippen LogP contribution in [0.5, 0.6) is 0 Å². The van der Waals surface area contributed by atoms with Gasteiger partial charge in [0, 0.05) is 5.92 Å². The van der Waals surface area contributed by atoms with Crippen LogP contribution in [0.3, 0.4) is 0 Å². The summed E-state index contributed by atoms with van der Waals surface area (Å²) in [6, 6.07) is -0.972. The van der Waals surface area contributed by atoms with Crippen molar-refractivity contribution in [3.05, 3.63) is 0 Å². The van der Waals surface area contributed by atoms with Gasteiger partial charge in [-0.2, -0.15) is 0 Å². The van der Waals surface area contributed by atoms with Crippen molar-refractivity contribution in [1.82, 2.24) is 10.6 Å². The summed E-state index contributed by atoms with van der Waals surface area (Å²) in [6.07, 6.45) is 1.96. The van der Waals surface area contributed by atoms with Gasteiger partial charge in [0.25, 0.3) is 0 Å². The van der Waals surface area contributed by atoms with Gasteiger partial charge in [-0.25, -0.2) is 13.2 Å². The smallest absolute Gasteiger partial charge is 0.326 e. The molecule has 2 aliphatic rings. The van der Waals surface area contributed by atoms with E-state index in [0.717, 1.165) is 0 Å². The number of sulfone groups is 1. The number of hydrogen-bond donors (Lipinski definition) is 3. The Morgan fingerprint density at radius 3 is 2.32 bits per heavy atom. The third-order valence-electron chi connectivity index (χ3n) is 5.09. The van der Waals surface area contributed by atoms with Crippen LogP contribution >= 0.6 is 0 Å². The first-order chi connectivity index (χ1) is 11.5. The van der Waals surface area contributed by atoms with Crippen molar-refractivity contribution in [2.75, 3.05) is 18.1 Å². The Balaban J connectivity index is 1.77. The monoisotopic (exact) mass is 374 g/mol. The van der Waals surface area contributed by atoms with Gasteiger partial charge in [-0.05, 0) is 37.0 Å². The first kappa shape index (κ1) is 19.7. The highest BCUT2D eigenvalue weighted by Crippen LogP contribution is 2.59. The molecule has 1 unspecified atom stereocenters. The quantitative estimate of drug-likeness (QED) is 0.572. The molecule has 8 nitrogen and oxygen atoms in total. The van der Waals surface area contributed by atoms with Crippen LogP contribution < -0.4 is 10.6 Å². The Morgan fingerprint density at radius 1 is 1.20 bits per heavy atom. The van der Waals surface area contributed by atoms with E-state index in [1.807, 2.05) is 13.8 Å². The number of nitrogens with one attached hydrogen (secondary N) is 2. The third-order valence-corrected chi connectivity index (χ3v) is 6.74. The number of carbonyl (C=O) groups is 3. The van der Waals surface area contributed by atoms with E-state index in [1.165, 1.54) is 0 Å². The van der Waals surface area contributed by atoms with Crippen molar-refractivity contribution >= 4 is 27.6 Å². The average molecular weight is 374 g/mol.